The fourth-order valence-electron chi connectivity index (χ4n) is 2.60. The van der Waals surface area contributed by atoms with Gasteiger partial charge in [-0.3, -0.25) is 4.79 Å². The molecule has 27 heavy (non-hydrogen) atoms. The summed E-state index contributed by atoms with van der Waals surface area (Å²) in [5, 5.41) is 0. The number of nitrogens with zero attached hydrogens (tertiary/aromatic N) is 1. The first kappa shape index (κ1) is 20.7. The minimum atomic E-state index is -3.90. The van der Waals surface area contributed by atoms with Gasteiger partial charge in [0.05, 0.1) is 25.2 Å². The molecule has 0 heterocycles. The molecule has 0 saturated heterocycles. The van der Waals surface area contributed by atoms with Crippen LogP contribution in [-0.2, 0) is 21.4 Å². The van der Waals surface area contributed by atoms with Crippen LogP contribution in [0.15, 0.2) is 53.4 Å². The van der Waals surface area contributed by atoms with Crippen molar-refractivity contribution in [2.75, 3.05) is 21.3 Å². The highest BCUT2D eigenvalue weighted by Gasteiger charge is 2.25. The van der Waals surface area contributed by atoms with Crippen LogP contribution < -0.4 is 14.2 Å². The lowest BCUT2D eigenvalue weighted by Gasteiger charge is -2.22. The van der Waals surface area contributed by atoms with Crippen molar-refractivity contribution >= 4 is 15.9 Å². The van der Waals surface area contributed by atoms with E-state index in [9.17, 15) is 13.2 Å². The van der Waals surface area contributed by atoms with E-state index in [1.54, 1.807) is 7.05 Å². The van der Waals surface area contributed by atoms with Crippen molar-refractivity contribution in [1.82, 2.24) is 9.62 Å². The largest absolute Gasteiger partial charge is 0.493 e. The predicted octanol–water partition coefficient (Wildman–Crippen LogP) is 2.03. The second-order valence-corrected chi connectivity index (χ2v) is 7.75. The molecule has 1 amide bonds. The number of ether oxygens (including phenoxy) is 2. The molecule has 0 radical (unpaired) electrons. The van der Waals surface area contributed by atoms with Crippen molar-refractivity contribution in [1.29, 1.82) is 0 Å². The summed E-state index contributed by atoms with van der Waals surface area (Å²) in [5.41, 5.74) is 0.961. The Morgan fingerprint density at radius 1 is 1.07 bits per heavy atom. The van der Waals surface area contributed by atoms with Crippen LogP contribution in [0.4, 0.5) is 0 Å². The van der Waals surface area contributed by atoms with Gasteiger partial charge in [-0.25, -0.2) is 8.42 Å². The molecule has 0 aliphatic rings. The summed E-state index contributed by atoms with van der Waals surface area (Å²) in [6, 6.07) is 12.8. The number of likely N-dealkylation sites (N-methyl/N-ethyl adjacent to an activating group) is 1. The maximum atomic E-state index is 12.6. The molecule has 2 rings (SSSR count). The molecule has 146 valence electrons. The molecule has 0 spiro atoms. The van der Waals surface area contributed by atoms with E-state index in [1.165, 1.54) is 44.2 Å². The third kappa shape index (κ3) is 5.21. The van der Waals surface area contributed by atoms with Crippen LogP contribution in [-0.4, -0.2) is 46.5 Å². The summed E-state index contributed by atoms with van der Waals surface area (Å²) in [4.78, 5) is 14.0. The van der Waals surface area contributed by atoms with Gasteiger partial charge in [0.2, 0.25) is 15.9 Å². The van der Waals surface area contributed by atoms with Gasteiger partial charge in [0, 0.05) is 19.7 Å². The van der Waals surface area contributed by atoms with Gasteiger partial charge in [0.25, 0.3) is 0 Å². The van der Waals surface area contributed by atoms with Crippen molar-refractivity contribution in [3.05, 3.63) is 54.1 Å². The first-order valence-corrected chi connectivity index (χ1v) is 9.80. The first-order chi connectivity index (χ1) is 12.8. The smallest absolute Gasteiger partial charge is 0.241 e. The first-order valence-electron chi connectivity index (χ1n) is 8.31. The maximum absolute atomic E-state index is 12.6. The molecule has 2 aromatic carbocycles. The second kappa shape index (κ2) is 8.88. The summed E-state index contributed by atoms with van der Waals surface area (Å²) in [6.07, 6.45) is 0. The van der Waals surface area contributed by atoms with E-state index in [-0.39, 0.29) is 10.8 Å². The maximum Gasteiger partial charge on any atom is 0.241 e. The Balaban J connectivity index is 2.11. The summed E-state index contributed by atoms with van der Waals surface area (Å²) in [6.45, 7) is 1.91. The van der Waals surface area contributed by atoms with E-state index >= 15 is 0 Å². The van der Waals surface area contributed by atoms with Crippen LogP contribution >= 0.6 is 0 Å². The molecule has 0 aromatic heterocycles. The lowest BCUT2D eigenvalue weighted by Crippen LogP contribution is -2.45. The third-order valence-corrected chi connectivity index (χ3v) is 5.54. The number of sulfonamides is 1. The number of hydrogen-bond donors (Lipinski definition) is 1. The van der Waals surface area contributed by atoms with E-state index in [4.69, 9.17) is 9.47 Å². The van der Waals surface area contributed by atoms with Gasteiger partial charge in [-0.1, -0.05) is 30.3 Å². The van der Waals surface area contributed by atoms with Crippen LogP contribution in [0.25, 0.3) is 0 Å². The Bertz CT molecular complexity index is 884. The van der Waals surface area contributed by atoms with Crippen LogP contribution in [0.2, 0.25) is 0 Å². The van der Waals surface area contributed by atoms with Crippen LogP contribution in [0.5, 0.6) is 11.5 Å². The molecule has 1 atom stereocenters. The lowest BCUT2D eigenvalue weighted by atomic mass is 10.2. The number of rotatable bonds is 8. The van der Waals surface area contributed by atoms with Gasteiger partial charge in [-0.2, -0.15) is 4.72 Å². The number of nitrogens with one attached hydrogen (secondary N) is 1. The Morgan fingerprint density at radius 3 is 2.30 bits per heavy atom. The summed E-state index contributed by atoms with van der Waals surface area (Å²) < 4.78 is 37.9. The van der Waals surface area contributed by atoms with Crippen molar-refractivity contribution in [3.63, 3.8) is 0 Å². The predicted molar refractivity (Wildman–Crippen MR) is 102 cm³/mol. The molecule has 0 aliphatic carbocycles. The van der Waals surface area contributed by atoms with Crippen molar-refractivity contribution in [3.8, 4) is 11.5 Å². The zero-order valence-electron chi connectivity index (χ0n) is 15.8. The normalized spacial score (nSPS) is 12.3. The molecule has 8 heteroatoms. The second-order valence-electron chi connectivity index (χ2n) is 6.04. The highest BCUT2D eigenvalue weighted by Crippen LogP contribution is 2.29. The van der Waals surface area contributed by atoms with Crippen molar-refractivity contribution < 1.29 is 22.7 Å². The van der Waals surface area contributed by atoms with Crippen LogP contribution in [0.3, 0.4) is 0 Å². The van der Waals surface area contributed by atoms with E-state index < -0.39 is 16.1 Å². The Hall–Kier alpha value is -2.58. The van der Waals surface area contributed by atoms with Gasteiger partial charge in [-0.05, 0) is 24.6 Å². The van der Waals surface area contributed by atoms with Gasteiger partial charge < -0.3 is 14.4 Å². The highest BCUT2D eigenvalue weighted by molar-refractivity contribution is 7.89. The number of benzene rings is 2. The SMILES string of the molecule is COc1ccc(S(=O)(=O)N[C@@H](C)C(=O)N(C)Cc2ccccc2)cc1OC. The Morgan fingerprint density at radius 2 is 1.70 bits per heavy atom. The minimum absolute atomic E-state index is 0.00878. The molecule has 0 saturated carbocycles. The molecular weight excluding hydrogens is 368 g/mol. The zero-order chi connectivity index (χ0) is 20.0. The van der Waals surface area contributed by atoms with Crippen molar-refractivity contribution in [2.24, 2.45) is 0 Å². The standard InChI is InChI=1S/C19H24N2O5S/c1-14(19(22)21(2)13-15-8-6-5-7-9-15)20-27(23,24)16-10-11-17(25-3)18(12-16)26-4/h5-12,14,20H,13H2,1-4H3/t14-/m0/s1. The Labute approximate surface area is 160 Å². The zero-order valence-corrected chi connectivity index (χ0v) is 16.6. The molecule has 0 bridgehead atoms. The monoisotopic (exact) mass is 392 g/mol. The number of amides is 1. The lowest BCUT2D eigenvalue weighted by molar-refractivity contribution is -0.131. The highest BCUT2D eigenvalue weighted by atomic mass is 32.2. The number of hydrogen-bond acceptors (Lipinski definition) is 5. The summed E-state index contributed by atoms with van der Waals surface area (Å²) >= 11 is 0. The Kier molecular flexibility index (Phi) is 6.81. The van der Waals surface area contributed by atoms with Gasteiger partial charge in [-0.15, -0.1) is 0 Å². The van der Waals surface area contributed by atoms with E-state index in [1.807, 2.05) is 30.3 Å². The molecule has 0 aliphatic heterocycles. The van der Waals surface area contributed by atoms with Gasteiger partial charge >= 0.3 is 0 Å². The molecule has 2 aromatic rings. The fraction of sp³-hybridized carbons (Fsp3) is 0.316. The third-order valence-electron chi connectivity index (χ3n) is 4.01. The minimum Gasteiger partial charge on any atom is -0.493 e. The quantitative estimate of drug-likeness (QED) is 0.743. The molecule has 1 N–H and O–H groups in total. The van der Waals surface area contributed by atoms with E-state index in [0.717, 1.165) is 5.56 Å². The van der Waals surface area contributed by atoms with Gasteiger partial charge in [0.1, 0.15) is 0 Å². The summed E-state index contributed by atoms with van der Waals surface area (Å²) in [7, 11) is 0.623. The molecule has 0 fully saturated rings. The summed E-state index contributed by atoms with van der Waals surface area (Å²) in [5.74, 6) is 0.381. The van der Waals surface area contributed by atoms with Crippen molar-refractivity contribution in [2.45, 2.75) is 24.4 Å². The number of methoxy groups -OCH3 is 2. The molecule has 0 unspecified atom stereocenters. The number of carbonyl (C=O) groups is 1. The van der Waals surface area contributed by atoms with Crippen LogP contribution in [0.1, 0.15) is 12.5 Å². The van der Waals surface area contributed by atoms with E-state index in [2.05, 4.69) is 4.72 Å². The fourth-order valence-corrected chi connectivity index (χ4v) is 3.81. The average molecular weight is 392 g/mol. The average Bonchev–Trinajstić information content (AvgIpc) is 2.67. The van der Waals surface area contributed by atoms with E-state index in [0.29, 0.717) is 18.0 Å². The molecule has 7 nitrogen and oxygen atoms in total. The molecular formula is C19H24N2O5S. The van der Waals surface area contributed by atoms with Crippen LogP contribution in [0, 0.1) is 0 Å². The number of carbonyl (C=O) groups excluding carboxylic acids is 1. The van der Waals surface area contributed by atoms with Gasteiger partial charge in [0.15, 0.2) is 11.5 Å². The topological polar surface area (TPSA) is 84.9 Å².